The Kier molecular flexibility index (Phi) is 18.7. The van der Waals surface area contributed by atoms with Crippen LogP contribution in [0, 0.1) is 40.9 Å². The summed E-state index contributed by atoms with van der Waals surface area (Å²) in [6, 6.07) is 1.23. The van der Waals surface area contributed by atoms with Gasteiger partial charge in [-0.15, -0.1) is 11.6 Å². The van der Waals surface area contributed by atoms with Crippen molar-refractivity contribution in [3.63, 3.8) is 0 Å². The third-order valence-electron chi connectivity index (χ3n) is 13.3. The van der Waals surface area contributed by atoms with E-state index >= 15 is 0 Å². The number of allylic oxidation sites excluding steroid dienone is 3. The molecule has 0 spiro atoms. The number of aliphatic hydroxyl groups excluding tert-OH is 3. The van der Waals surface area contributed by atoms with Gasteiger partial charge in [-0.2, -0.15) is 5.26 Å². The van der Waals surface area contributed by atoms with Gasteiger partial charge in [-0.05, 0) is 86.8 Å². The van der Waals surface area contributed by atoms with Crippen molar-refractivity contribution in [1.29, 1.82) is 5.26 Å². The van der Waals surface area contributed by atoms with Gasteiger partial charge >= 0.3 is 5.97 Å². The predicted molar refractivity (Wildman–Crippen MR) is 229 cm³/mol. The third-order valence-corrected chi connectivity index (χ3v) is 13.7. The molecule has 14 nitrogen and oxygen atoms in total. The molecule has 6 aliphatic rings. The minimum atomic E-state index is -1.12. The lowest BCUT2D eigenvalue weighted by Crippen LogP contribution is -2.46. The molecule has 5 N–H and O–H groups in total. The van der Waals surface area contributed by atoms with Gasteiger partial charge in [0.2, 0.25) is 0 Å². The van der Waals surface area contributed by atoms with Gasteiger partial charge in [0, 0.05) is 83.5 Å². The van der Waals surface area contributed by atoms with Crippen LogP contribution in [0.3, 0.4) is 0 Å². The fourth-order valence-electron chi connectivity index (χ4n) is 9.74. The normalized spacial score (nSPS) is 34.5. The highest BCUT2D eigenvalue weighted by atomic mass is 35.5. The Morgan fingerprint density at radius 3 is 2.40 bits per heavy atom. The summed E-state index contributed by atoms with van der Waals surface area (Å²) in [5.41, 5.74) is 2.63. The van der Waals surface area contributed by atoms with Crippen molar-refractivity contribution in [3.05, 3.63) is 35.1 Å². The lowest BCUT2D eigenvalue weighted by atomic mass is 9.74. The SMILES string of the molecule is C[C@@H]1C(C2=C[C@H](OCCCN3CC[C@@H](O)C3)C[C@H](OCCCN3CC[C@@H](O)C3)C2)=CCCC1COC1=C[C@@H](OCC2C=NC[C@@H](C#N)C2)C(CN[C@@H](CO)C(=O)O)C[C@H]1Cl. The first kappa shape index (κ1) is 47.1. The van der Waals surface area contributed by atoms with E-state index in [9.17, 15) is 30.5 Å². The Hall–Kier alpha value is -2.42. The molecule has 3 unspecified atom stereocenters. The molecule has 0 amide bonds. The van der Waals surface area contributed by atoms with Gasteiger partial charge in [0.1, 0.15) is 11.8 Å². The number of carboxylic acids is 1. The molecule has 0 saturated carbocycles. The van der Waals surface area contributed by atoms with Crippen molar-refractivity contribution in [3.8, 4) is 6.07 Å². The molecule has 60 heavy (non-hydrogen) atoms. The van der Waals surface area contributed by atoms with Gasteiger partial charge in [-0.25, -0.2) is 0 Å². The van der Waals surface area contributed by atoms with Crippen LogP contribution in [-0.2, 0) is 23.7 Å². The van der Waals surface area contributed by atoms with Gasteiger partial charge in [0.25, 0.3) is 0 Å². The number of alkyl halides is 1. The second kappa shape index (κ2) is 23.9. The van der Waals surface area contributed by atoms with Crippen LogP contribution in [0.1, 0.15) is 71.1 Å². The van der Waals surface area contributed by atoms with Gasteiger partial charge in [0.05, 0.1) is 74.2 Å². The zero-order valence-corrected chi connectivity index (χ0v) is 36.3. The minimum Gasteiger partial charge on any atom is -0.496 e. The Morgan fingerprint density at radius 1 is 1.00 bits per heavy atom. The number of aliphatic carboxylic acids is 1. The highest BCUT2D eigenvalue weighted by Crippen LogP contribution is 2.40. The number of hydrogen-bond acceptors (Lipinski definition) is 13. The minimum absolute atomic E-state index is 0.0000527. The van der Waals surface area contributed by atoms with Crippen LogP contribution in [-0.4, -0.2) is 170 Å². The fraction of sp³-hybridized carbons (Fsp3) is 0.800. The van der Waals surface area contributed by atoms with Crippen LogP contribution < -0.4 is 5.32 Å². The summed E-state index contributed by atoms with van der Waals surface area (Å²) < 4.78 is 26.1. The molecular weight excluding hydrogens is 790 g/mol. The Morgan fingerprint density at radius 2 is 1.73 bits per heavy atom. The van der Waals surface area contributed by atoms with Crippen molar-refractivity contribution in [2.75, 3.05) is 85.4 Å². The van der Waals surface area contributed by atoms with Crippen LogP contribution in [0.25, 0.3) is 0 Å². The first-order valence-corrected chi connectivity index (χ1v) is 23.0. The van der Waals surface area contributed by atoms with Crippen molar-refractivity contribution < 1.29 is 44.2 Å². The molecule has 2 fully saturated rings. The Labute approximate surface area is 361 Å². The van der Waals surface area contributed by atoms with E-state index in [2.05, 4.69) is 45.3 Å². The second-order valence-corrected chi connectivity index (χ2v) is 18.5. The maximum absolute atomic E-state index is 11.6. The van der Waals surface area contributed by atoms with Gasteiger partial charge < -0.3 is 54.5 Å². The van der Waals surface area contributed by atoms with Crippen LogP contribution >= 0.6 is 11.6 Å². The molecule has 2 saturated heterocycles. The summed E-state index contributed by atoms with van der Waals surface area (Å²) in [4.78, 5) is 20.6. The highest BCUT2D eigenvalue weighted by Gasteiger charge is 2.36. The molecule has 3 aliphatic heterocycles. The largest absolute Gasteiger partial charge is 0.496 e. The lowest BCUT2D eigenvalue weighted by Gasteiger charge is -2.37. The zero-order chi connectivity index (χ0) is 42.4. The number of ether oxygens (including phenoxy) is 4. The number of nitrogens with one attached hydrogen (secondary N) is 1. The summed E-state index contributed by atoms with van der Waals surface area (Å²) >= 11 is 6.99. The number of β-amino-alcohol motifs (C(OH)–C–C–N with tert-alkyl or cyclic N) is 2. The number of aliphatic hydroxyl groups is 3. The number of nitrogens with zero attached hydrogens (tertiary/aromatic N) is 4. The molecule has 6 rings (SSSR count). The van der Waals surface area contributed by atoms with Gasteiger partial charge in [-0.1, -0.05) is 19.1 Å². The maximum atomic E-state index is 11.6. The smallest absolute Gasteiger partial charge is 0.323 e. The quantitative estimate of drug-likeness (QED) is 0.0787. The number of carboxylic acid groups (broad SMARTS) is 1. The molecule has 0 radical (unpaired) electrons. The van der Waals surface area contributed by atoms with Crippen LogP contribution in [0.5, 0.6) is 0 Å². The van der Waals surface area contributed by atoms with Crippen LogP contribution in [0.2, 0.25) is 0 Å². The predicted octanol–water partition coefficient (Wildman–Crippen LogP) is 3.54. The van der Waals surface area contributed by atoms with E-state index in [1.54, 1.807) is 0 Å². The van der Waals surface area contributed by atoms with Crippen molar-refractivity contribution >= 4 is 23.8 Å². The Balaban J connectivity index is 1.07. The average Bonchev–Trinajstić information content (AvgIpc) is 3.87. The number of nitriles is 1. The van der Waals surface area contributed by atoms with Gasteiger partial charge in [0.15, 0.2) is 0 Å². The molecule has 0 aromatic carbocycles. The van der Waals surface area contributed by atoms with Crippen molar-refractivity contribution in [1.82, 2.24) is 15.1 Å². The van der Waals surface area contributed by atoms with E-state index in [0.717, 1.165) is 90.6 Å². The lowest BCUT2D eigenvalue weighted by molar-refractivity contribution is -0.140. The van der Waals surface area contributed by atoms with Crippen LogP contribution in [0.15, 0.2) is 40.1 Å². The summed E-state index contributed by atoms with van der Waals surface area (Å²) in [7, 11) is 0. The number of halogens is 1. The number of rotatable bonds is 22. The van der Waals surface area contributed by atoms with E-state index in [4.69, 9.17) is 30.5 Å². The van der Waals surface area contributed by atoms with E-state index in [0.29, 0.717) is 51.6 Å². The summed E-state index contributed by atoms with van der Waals surface area (Å²) in [6.45, 7) is 9.97. The van der Waals surface area contributed by atoms with E-state index in [1.807, 2.05) is 12.3 Å². The maximum Gasteiger partial charge on any atom is 0.323 e. The zero-order valence-electron chi connectivity index (χ0n) is 35.5. The molecule has 12 atom stereocenters. The number of likely N-dealkylation sites (tertiary alicyclic amines) is 2. The molecule has 0 aromatic heterocycles. The number of aliphatic imine (C=N–C) groups is 1. The fourth-order valence-corrected chi connectivity index (χ4v) is 10.1. The summed E-state index contributed by atoms with van der Waals surface area (Å²) in [6.07, 6.45) is 16.0. The van der Waals surface area contributed by atoms with Crippen molar-refractivity contribution in [2.45, 2.75) is 113 Å². The monoisotopic (exact) mass is 859 g/mol. The first-order valence-electron chi connectivity index (χ1n) is 22.6. The average molecular weight is 861 g/mol. The molecule has 3 heterocycles. The summed E-state index contributed by atoms with van der Waals surface area (Å²) in [5.74, 6) is -0.271. The highest BCUT2D eigenvalue weighted by molar-refractivity contribution is 6.22. The number of hydrogen-bond donors (Lipinski definition) is 5. The van der Waals surface area contributed by atoms with E-state index < -0.39 is 30.1 Å². The molecule has 336 valence electrons. The van der Waals surface area contributed by atoms with E-state index in [-0.39, 0.29) is 60.6 Å². The third kappa shape index (κ3) is 14.0. The Bertz CT molecular complexity index is 1540. The molecule has 0 aromatic rings. The summed E-state index contributed by atoms with van der Waals surface area (Å²) in [5, 5.41) is 51.0. The van der Waals surface area contributed by atoms with Crippen molar-refractivity contribution in [2.24, 2.45) is 34.6 Å². The molecule has 3 aliphatic carbocycles. The molecule has 15 heteroatoms. The van der Waals surface area contributed by atoms with Gasteiger partial charge in [-0.3, -0.25) is 9.79 Å². The molecular formula is C45H70ClN5O9. The number of carbonyl (C=O) groups is 1. The standard InChI is InChI=1S/C45H70ClN5O9/c1-30-33(29-60-44-20-43(59-28-32-15-31(21-47)22-48-23-32)35(18-41(44)46)24-49-42(27-52)45(55)56)5-2-6-40(30)34-16-38(57-13-3-9-50-11-7-36(53)25-50)19-39(17-34)58-14-4-10-51-12-8-37(54)26-51/h6,16,20,23,30-33,35-39,41-43,49,52-54H,2-5,7-15,17-19,22,24-29H2,1H3,(H,55,56)/t30-,31+,32?,33?,35?,36+,37+,38-,39+,41+,42-,43+/m0/s1. The topological polar surface area (TPSA) is 190 Å². The molecule has 0 bridgehead atoms. The first-order chi connectivity index (χ1) is 29.1. The second-order valence-electron chi connectivity index (χ2n) is 18.0. The van der Waals surface area contributed by atoms with Crippen LogP contribution in [0.4, 0.5) is 0 Å². The van der Waals surface area contributed by atoms with E-state index in [1.165, 1.54) is 11.1 Å².